The number of likely N-dealkylation sites (N-methyl/N-ethyl adjacent to an activating group) is 2. The molecule has 2 heterocycles. The molecule has 0 radical (unpaired) electrons. The van der Waals surface area contributed by atoms with Gasteiger partial charge < -0.3 is 40.6 Å². The Balaban J connectivity index is 1.60. The van der Waals surface area contributed by atoms with E-state index in [1.165, 1.54) is 11.8 Å². The molecule has 4 rings (SSSR count). The minimum atomic E-state index is -1.06. The Kier molecular flexibility index (Phi) is 11.0. The van der Waals surface area contributed by atoms with Gasteiger partial charge in [0.1, 0.15) is 11.8 Å². The molecule has 0 aliphatic carbocycles. The van der Waals surface area contributed by atoms with Gasteiger partial charge in [-0.3, -0.25) is 9.59 Å². The number of carbonyl (C=O) groups excluding carboxylic acids is 1. The topological polar surface area (TPSA) is 151 Å². The average Bonchev–Trinajstić information content (AvgIpc) is 3.34. The van der Waals surface area contributed by atoms with Crippen molar-refractivity contribution < 1.29 is 19.4 Å². The standard InChI is InChI=1S/C31H40N8O4S/c1-37(2)13-14-38(3)27-17-28(43-5)25(16-24(27)34-29(40)11-15-44-19-22(32)30(41)42)36-31-33-12-10-23(35-31)21-18-39(4)26-9-7-6-8-20(21)26/h6-10,12,16-18,22H,11,13-15,19,32H2,1-5H3,(H,34,40)(H,41,42)(H,33,35,36)/t22-/m0/s1. The Morgan fingerprint density at radius 3 is 2.64 bits per heavy atom. The van der Waals surface area contributed by atoms with Gasteiger partial charge >= 0.3 is 5.97 Å². The summed E-state index contributed by atoms with van der Waals surface area (Å²) in [5.74, 6) is 0.355. The van der Waals surface area contributed by atoms with Gasteiger partial charge in [-0.1, -0.05) is 18.2 Å². The number of nitrogens with two attached hydrogens (primary N) is 1. The van der Waals surface area contributed by atoms with E-state index in [1.807, 2.05) is 58.5 Å². The highest BCUT2D eigenvalue weighted by Gasteiger charge is 2.18. The van der Waals surface area contributed by atoms with Crippen LogP contribution in [0.15, 0.2) is 54.9 Å². The Morgan fingerprint density at radius 1 is 1.14 bits per heavy atom. The molecule has 234 valence electrons. The van der Waals surface area contributed by atoms with Crippen LogP contribution in [0.25, 0.3) is 22.2 Å². The zero-order valence-corrected chi connectivity index (χ0v) is 26.5. The van der Waals surface area contributed by atoms with Gasteiger partial charge in [0.15, 0.2) is 0 Å². The Morgan fingerprint density at radius 2 is 1.91 bits per heavy atom. The van der Waals surface area contributed by atoms with Gasteiger partial charge in [0.05, 0.1) is 29.9 Å². The summed E-state index contributed by atoms with van der Waals surface area (Å²) >= 11 is 1.33. The van der Waals surface area contributed by atoms with Crippen LogP contribution in [-0.2, 0) is 16.6 Å². The molecule has 12 nitrogen and oxygen atoms in total. The Hall–Kier alpha value is -4.33. The van der Waals surface area contributed by atoms with Crippen molar-refractivity contribution in [1.82, 2.24) is 19.4 Å². The first kappa shape index (κ1) is 32.6. The predicted molar refractivity (Wildman–Crippen MR) is 178 cm³/mol. The van der Waals surface area contributed by atoms with Gasteiger partial charge in [-0.25, -0.2) is 9.97 Å². The summed E-state index contributed by atoms with van der Waals surface area (Å²) < 4.78 is 7.83. The van der Waals surface area contributed by atoms with Crippen LogP contribution >= 0.6 is 11.8 Å². The van der Waals surface area contributed by atoms with E-state index in [0.29, 0.717) is 35.4 Å². The van der Waals surface area contributed by atoms with Crippen molar-refractivity contribution in [3.05, 3.63) is 54.9 Å². The maximum atomic E-state index is 13.0. The minimum Gasteiger partial charge on any atom is -0.494 e. The van der Waals surface area contributed by atoms with E-state index in [-0.39, 0.29) is 18.1 Å². The number of aromatic nitrogens is 3. The van der Waals surface area contributed by atoms with Gasteiger partial charge in [-0.2, -0.15) is 11.8 Å². The maximum Gasteiger partial charge on any atom is 0.321 e. The molecular weight excluding hydrogens is 580 g/mol. The number of ether oxygens (including phenoxy) is 1. The van der Waals surface area contributed by atoms with Crippen molar-refractivity contribution >= 4 is 57.6 Å². The number of carboxylic acid groups (broad SMARTS) is 1. The summed E-state index contributed by atoms with van der Waals surface area (Å²) in [5.41, 5.74) is 10.4. The number of amides is 1. The van der Waals surface area contributed by atoms with Crippen LogP contribution in [0.5, 0.6) is 5.75 Å². The van der Waals surface area contributed by atoms with E-state index < -0.39 is 12.0 Å². The number of hydrogen-bond donors (Lipinski definition) is 4. The third kappa shape index (κ3) is 8.18. The van der Waals surface area contributed by atoms with Crippen LogP contribution in [0.4, 0.5) is 23.0 Å². The lowest BCUT2D eigenvalue weighted by atomic mass is 10.1. The number of nitrogens with one attached hydrogen (secondary N) is 2. The van der Waals surface area contributed by atoms with Crippen LogP contribution in [0, 0.1) is 0 Å². The fraction of sp³-hybridized carbons (Fsp3) is 0.355. The number of rotatable bonds is 15. The van der Waals surface area contributed by atoms with Crippen molar-refractivity contribution in [2.24, 2.45) is 12.8 Å². The highest BCUT2D eigenvalue weighted by Crippen LogP contribution is 2.38. The van der Waals surface area contributed by atoms with Crippen LogP contribution in [0.3, 0.4) is 0 Å². The number of aryl methyl sites for hydroxylation is 1. The highest BCUT2D eigenvalue weighted by atomic mass is 32.2. The number of carboxylic acids is 1. The lowest BCUT2D eigenvalue weighted by Crippen LogP contribution is -2.32. The lowest BCUT2D eigenvalue weighted by molar-refractivity contribution is -0.137. The number of carbonyl (C=O) groups is 2. The molecule has 4 aromatic rings. The molecule has 0 unspecified atom stereocenters. The molecule has 0 saturated carbocycles. The summed E-state index contributed by atoms with van der Waals surface area (Å²) in [6.45, 7) is 1.52. The SMILES string of the molecule is COc1cc(N(C)CCN(C)C)c(NC(=O)CCSC[C@H](N)C(=O)O)cc1Nc1nccc(-c2cn(C)c3ccccc23)n1. The smallest absolute Gasteiger partial charge is 0.321 e. The molecule has 0 aliphatic heterocycles. The molecule has 1 atom stereocenters. The Bertz CT molecular complexity index is 1610. The van der Waals surface area contributed by atoms with E-state index in [1.54, 1.807) is 13.3 Å². The molecule has 1 amide bonds. The zero-order chi connectivity index (χ0) is 31.8. The minimum absolute atomic E-state index is 0.197. The third-order valence-electron chi connectivity index (χ3n) is 7.05. The fourth-order valence-electron chi connectivity index (χ4n) is 4.62. The van der Waals surface area contributed by atoms with E-state index >= 15 is 0 Å². The van der Waals surface area contributed by atoms with Crippen LogP contribution in [-0.4, -0.2) is 95.3 Å². The number of nitrogens with zero attached hydrogens (tertiary/aromatic N) is 5. The first-order valence-electron chi connectivity index (χ1n) is 14.2. The molecule has 13 heteroatoms. The van der Waals surface area contributed by atoms with E-state index in [0.717, 1.165) is 34.4 Å². The number of benzene rings is 2. The van der Waals surface area contributed by atoms with Crippen molar-refractivity contribution in [3.8, 4) is 17.0 Å². The second-order valence-corrected chi connectivity index (χ2v) is 11.8. The summed E-state index contributed by atoms with van der Waals surface area (Å²) in [4.78, 5) is 37.4. The first-order valence-corrected chi connectivity index (χ1v) is 15.3. The molecule has 0 aliphatic rings. The number of anilines is 4. The van der Waals surface area contributed by atoms with Crippen molar-refractivity contribution in [2.45, 2.75) is 12.5 Å². The number of hydrogen-bond acceptors (Lipinski definition) is 10. The molecule has 0 spiro atoms. The van der Waals surface area contributed by atoms with Crippen LogP contribution in [0.1, 0.15) is 6.42 Å². The molecule has 0 saturated heterocycles. The van der Waals surface area contributed by atoms with Gasteiger partial charge in [-0.15, -0.1) is 0 Å². The van der Waals surface area contributed by atoms with Gasteiger partial charge in [0, 0.05) is 80.0 Å². The molecule has 5 N–H and O–H groups in total. The molecule has 0 bridgehead atoms. The third-order valence-corrected chi connectivity index (χ3v) is 8.14. The van der Waals surface area contributed by atoms with Gasteiger partial charge in [0.2, 0.25) is 11.9 Å². The van der Waals surface area contributed by atoms with Gasteiger partial charge in [0.25, 0.3) is 0 Å². The van der Waals surface area contributed by atoms with Crippen molar-refractivity contribution in [3.63, 3.8) is 0 Å². The molecule has 2 aromatic heterocycles. The Labute approximate surface area is 261 Å². The molecule has 44 heavy (non-hydrogen) atoms. The summed E-state index contributed by atoms with van der Waals surface area (Å²) in [5, 5.41) is 16.4. The number of thioether (sulfide) groups is 1. The predicted octanol–water partition coefficient (Wildman–Crippen LogP) is 3.86. The van der Waals surface area contributed by atoms with E-state index in [4.69, 9.17) is 20.6 Å². The zero-order valence-electron chi connectivity index (χ0n) is 25.7. The molecular formula is C31H40N8O4S. The lowest BCUT2D eigenvalue weighted by Gasteiger charge is -2.26. The summed E-state index contributed by atoms with van der Waals surface area (Å²) in [6.07, 6.45) is 3.96. The highest BCUT2D eigenvalue weighted by molar-refractivity contribution is 7.99. The monoisotopic (exact) mass is 620 g/mol. The first-order chi connectivity index (χ1) is 21.1. The van der Waals surface area contributed by atoms with Crippen molar-refractivity contribution in [1.29, 1.82) is 0 Å². The number of para-hydroxylation sites is 1. The molecule has 0 fully saturated rings. The number of aliphatic carboxylic acids is 1. The van der Waals surface area contributed by atoms with Crippen LogP contribution in [0.2, 0.25) is 0 Å². The number of fused-ring (bicyclic) bond motifs is 1. The second kappa shape index (κ2) is 14.9. The quantitative estimate of drug-likeness (QED) is 0.143. The van der Waals surface area contributed by atoms with Crippen molar-refractivity contribution in [2.75, 3.05) is 68.4 Å². The van der Waals surface area contributed by atoms with E-state index in [2.05, 4.69) is 48.3 Å². The molecule has 2 aromatic carbocycles. The second-order valence-electron chi connectivity index (χ2n) is 10.7. The van der Waals surface area contributed by atoms with Crippen LogP contribution < -0.4 is 26.0 Å². The average molecular weight is 621 g/mol. The number of methoxy groups -OCH3 is 1. The fourth-order valence-corrected chi connectivity index (χ4v) is 5.51. The van der Waals surface area contributed by atoms with Gasteiger partial charge in [-0.05, 0) is 32.3 Å². The summed E-state index contributed by atoms with van der Waals surface area (Å²) in [7, 11) is 9.57. The largest absolute Gasteiger partial charge is 0.494 e. The van der Waals surface area contributed by atoms with E-state index in [9.17, 15) is 9.59 Å². The summed E-state index contributed by atoms with van der Waals surface area (Å²) in [6, 6.07) is 12.8. The normalized spacial score (nSPS) is 11.9. The maximum absolute atomic E-state index is 13.0.